The highest BCUT2D eigenvalue weighted by atomic mass is 32.1. The second kappa shape index (κ2) is 14.5. The molecule has 0 unspecified atom stereocenters. The minimum Gasteiger partial charge on any atom is -0.197 e. The first-order valence-corrected chi connectivity index (χ1v) is 11.2. The molecule has 0 fully saturated rings. The second-order valence-corrected chi connectivity index (χ2v) is 8.62. The van der Waals surface area contributed by atoms with Crippen LogP contribution in [0.25, 0.3) is 0 Å². The van der Waals surface area contributed by atoms with Crippen LogP contribution in [0.4, 0.5) is 0 Å². The van der Waals surface area contributed by atoms with Crippen molar-refractivity contribution < 1.29 is 0 Å². The Balaban J connectivity index is 0.000000395. The minimum atomic E-state index is -0.446. The van der Waals surface area contributed by atoms with E-state index in [1.807, 2.05) is 0 Å². The molecule has 0 bridgehead atoms. The SMILES string of the molecule is CCCCCCC.S.c1ccc(P(c2ccccc2)c2ccccc2)cc1. The number of rotatable bonds is 7. The molecule has 0 spiro atoms. The topological polar surface area (TPSA) is 0 Å². The summed E-state index contributed by atoms with van der Waals surface area (Å²) in [5.74, 6) is 0. The van der Waals surface area contributed by atoms with Crippen molar-refractivity contribution in [1.82, 2.24) is 0 Å². The Morgan fingerprint density at radius 3 is 1.04 bits per heavy atom. The molecule has 2 heteroatoms. The second-order valence-electron chi connectivity index (χ2n) is 6.40. The number of hydrogen-bond acceptors (Lipinski definition) is 0. The van der Waals surface area contributed by atoms with Crippen LogP contribution in [-0.4, -0.2) is 0 Å². The van der Waals surface area contributed by atoms with Gasteiger partial charge in [-0.2, -0.15) is 13.5 Å². The first-order valence-electron chi connectivity index (χ1n) is 9.82. The van der Waals surface area contributed by atoms with Crippen LogP contribution in [0.2, 0.25) is 0 Å². The quantitative estimate of drug-likeness (QED) is 0.314. The number of unbranched alkanes of at least 4 members (excludes halogenated alkanes) is 4. The van der Waals surface area contributed by atoms with Crippen LogP contribution in [0.15, 0.2) is 91.0 Å². The van der Waals surface area contributed by atoms with Gasteiger partial charge in [0.25, 0.3) is 0 Å². The van der Waals surface area contributed by atoms with E-state index in [0.29, 0.717) is 0 Å². The Kier molecular flexibility index (Phi) is 12.6. The maximum absolute atomic E-state index is 2.25. The molecule has 0 aromatic heterocycles. The molecule has 0 nitrogen and oxygen atoms in total. The van der Waals surface area contributed by atoms with Crippen molar-refractivity contribution >= 4 is 37.3 Å². The summed E-state index contributed by atoms with van der Waals surface area (Å²) in [7, 11) is -0.446. The molecule has 3 rings (SSSR count). The highest BCUT2D eigenvalue weighted by Gasteiger charge is 2.14. The average molecular weight is 397 g/mol. The van der Waals surface area contributed by atoms with Crippen LogP contribution in [0.3, 0.4) is 0 Å². The van der Waals surface area contributed by atoms with Gasteiger partial charge in [0.05, 0.1) is 0 Å². The van der Waals surface area contributed by atoms with Crippen molar-refractivity contribution in [3.05, 3.63) is 91.0 Å². The molecule has 0 N–H and O–H groups in total. The van der Waals surface area contributed by atoms with Crippen LogP contribution < -0.4 is 15.9 Å². The Morgan fingerprint density at radius 2 is 0.778 bits per heavy atom. The highest BCUT2D eigenvalue weighted by Crippen LogP contribution is 2.32. The van der Waals surface area contributed by atoms with Crippen molar-refractivity contribution in [3.8, 4) is 0 Å². The summed E-state index contributed by atoms with van der Waals surface area (Å²) in [5, 5.41) is 4.19. The predicted molar refractivity (Wildman–Crippen MR) is 130 cm³/mol. The summed E-state index contributed by atoms with van der Waals surface area (Å²) >= 11 is 0. The van der Waals surface area contributed by atoms with Gasteiger partial charge in [-0.25, -0.2) is 0 Å². The molecule has 0 aliphatic rings. The molecule has 0 aliphatic heterocycles. The molecule has 27 heavy (non-hydrogen) atoms. The van der Waals surface area contributed by atoms with E-state index in [0.717, 1.165) is 0 Å². The Hall–Kier alpha value is -1.56. The third-order valence-corrected chi connectivity index (χ3v) is 6.69. The zero-order valence-electron chi connectivity index (χ0n) is 16.6. The van der Waals surface area contributed by atoms with Crippen LogP contribution in [-0.2, 0) is 0 Å². The normalized spacial score (nSPS) is 9.89. The molecule has 0 radical (unpaired) electrons. The molecule has 3 aromatic rings. The van der Waals surface area contributed by atoms with Crippen molar-refractivity contribution in [2.75, 3.05) is 0 Å². The fourth-order valence-corrected chi connectivity index (χ4v) is 5.16. The summed E-state index contributed by atoms with van der Waals surface area (Å²) in [6.07, 6.45) is 7.01. The summed E-state index contributed by atoms with van der Waals surface area (Å²) < 4.78 is 0. The molecule has 0 amide bonds. The zero-order valence-corrected chi connectivity index (χ0v) is 18.5. The number of benzene rings is 3. The van der Waals surface area contributed by atoms with E-state index in [-0.39, 0.29) is 13.5 Å². The van der Waals surface area contributed by atoms with E-state index in [2.05, 4.69) is 105 Å². The standard InChI is InChI=1S/C18H15P.C7H16.H2S/c1-4-10-16(11-5-1)19(17-12-6-2-7-13-17)18-14-8-3-9-15-18;1-3-5-7-6-4-2;/h1-15H;3-7H2,1-2H3;1H2. The maximum atomic E-state index is 2.25. The van der Waals surface area contributed by atoms with E-state index in [9.17, 15) is 0 Å². The van der Waals surface area contributed by atoms with E-state index >= 15 is 0 Å². The minimum absolute atomic E-state index is 0. The first kappa shape index (κ1) is 23.5. The van der Waals surface area contributed by atoms with Crippen molar-refractivity contribution in [2.45, 2.75) is 46.0 Å². The molecular formula is C25H33PS. The van der Waals surface area contributed by atoms with Crippen LogP contribution >= 0.6 is 21.4 Å². The Labute approximate surface area is 174 Å². The number of hydrogen-bond donors (Lipinski definition) is 0. The lowest BCUT2D eigenvalue weighted by Crippen LogP contribution is -2.20. The monoisotopic (exact) mass is 396 g/mol. The Bertz CT molecular complexity index is 600. The van der Waals surface area contributed by atoms with E-state index in [1.54, 1.807) is 0 Å². The smallest absolute Gasteiger partial charge is 0.0134 e. The van der Waals surface area contributed by atoms with Crippen molar-refractivity contribution in [1.29, 1.82) is 0 Å². The largest absolute Gasteiger partial charge is 0.197 e. The van der Waals surface area contributed by atoms with Crippen molar-refractivity contribution in [3.63, 3.8) is 0 Å². The average Bonchev–Trinajstić information content (AvgIpc) is 2.72. The summed E-state index contributed by atoms with van der Waals surface area (Å²) in [6, 6.07) is 32.3. The molecule has 0 saturated carbocycles. The third-order valence-electron chi connectivity index (χ3n) is 4.25. The lowest BCUT2D eigenvalue weighted by molar-refractivity contribution is 0.656. The molecule has 0 aliphatic carbocycles. The molecule has 0 heterocycles. The fraction of sp³-hybridized carbons (Fsp3) is 0.280. The van der Waals surface area contributed by atoms with Gasteiger partial charge in [0.1, 0.15) is 0 Å². The van der Waals surface area contributed by atoms with Gasteiger partial charge < -0.3 is 0 Å². The maximum Gasteiger partial charge on any atom is -0.0134 e. The van der Waals surface area contributed by atoms with Gasteiger partial charge in [0.2, 0.25) is 0 Å². The van der Waals surface area contributed by atoms with Crippen LogP contribution in [0.1, 0.15) is 46.0 Å². The summed E-state index contributed by atoms with van der Waals surface area (Å²) in [6.45, 7) is 4.49. The van der Waals surface area contributed by atoms with E-state index in [4.69, 9.17) is 0 Å². The van der Waals surface area contributed by atoms with Gasteiger partial charge in [0, 0.05) is 0 Å². The van der Waals surface area contributed by atoms with Crippen LogP contribution in [0.5, 0.6) is 0 Å². The van der Waals surface area contributed by atoms with Gasteiger partial charge in [-0.05, 0) is 23.8 Å². The molecule has 3 aromatic carbocycles. The lowest BCUT2D eigenvalue weighted by Gasteiger charge is -2.18. The van der Waals surface area contributed by atoms with Gasteiger partial charge in [-0.1, -0.05) is 137 Å². The van der Waals surface area contributed by atoms with Gasteiger partial charge in [-0.3, -0.25) is 0 Å². The van der Waals surface area contributed by atoms with Gasteiger partial charge in [0.15, 0.2) is 0 Å². The first-order chi connectivity index (χ1) is 12.9. The van der Waals surface area contributed by atoms with E-state index in [1.165, 1.54) is 48.0 Å². The highest BCUT2D eigenvalue weighted by molar-refractivity contribution is 7.79. The predicted octanol–water partition coefficient (Wildman–Crippen LogP) is 6.53. The van der Waals surface area contributed by atoms with Gasteiger partial charge >= 0.3 is 0 Å². The zero-order chi connectivity index (χ0) is 18.5. The third kappa shape index (κ3) is 8.33. The summed E-state index contributed by atoms with van der Waals surface area (Å²) in [4.78, 5) is 0. The Morgan fingerprint density at radius 1 is 0.481 bits per heavy atom. The molecular weight excluding hydrogens is 363 g/mol. The molecule has 0 saturated heterocycles. The van der Waals surface area contributed by atoms with Crippen molar-refractivity contribution in [2.24, 2.45) is 0 Å². The van der Waals surface area contributed by atoms with Gasteiger partial charge in [-0.15, -0.1) is 0 Å². The molecule has 0 atom stereocenters. The fourth-order valence-electron chi connectivity index (χ4n) is 2.86. The van der Waals surface area contributed by atoms with E-state index < -0.39 is 7.92 Å². The van der Waals surface area contributed by atoms with Crippen LogP contribution in [0, 0.1) is 0 Å². The molecule has 144 valence electrons. The summed E-state index contributed by atoms with van der Waals surface area (Å²) in [5.41, 5.74) is 0. The lowest BCUT2D eigenvalue weighted by atomic mass is 10.2.